The van der Waals surface area contributed by atoms with Crippen molar-refractivity contribution in [1.82, 2.24) is 10.2 Å². The average molecular weight is 411 g/mol. The van der Waals surface area contributed by atoms with E-state index in [4.69, 9.17) is 16.0 Å². The predicted molar refractivity (Wildman–Crippen MR) is 104 cm³/mol. The van der Waals surface area contributed by atoms with Gasteiger partial charge in [0.15, 0.2) is 9.84 Å². The van der Waals surface area contributed by atoms with Gasteiger partial charge in [0.05, 0.1) is 30.9 Å². The SMILES string of the molecule is O=C(CN(Cc1ccco1)C1CCS(=O)(=O)C1)NCCc1cccc(Cl)c1. The molecule has 1 aliphatic rings. The number of rotatable bonds is 8. The summed E-state index contributed by atoms with van der Waals surface area (Å²) in [4.78, 5) is 14.3. The number of hydrogen-bond acceptors (Lipinski definition) is 5. The molecule has 0 bridgehead atoms. The van der Waals surface area contributed by atoms with Gasteiger partial charge in [-0.25, -0.2) is 8.42 Å². The Hall–Kier alpha value is -1.83. The molecule has 1 aromatic carbocycles. The van der Waals surface area contributed by atoms with Crippen LogP contribution in [0.3, 0.4) is 0 Å². The van der Waals surface area contributed by atoms with Gasteiger partial charge in [-0.3, -0.25) is 9.69 Å². The molecule has 0 saturated carbocycles. The van der Waals surface area contributed by atoms with Crippen LogP contribution in [0.2, 0.25) is 5.02 Å². The third-order valence-electron chi connectivity index (χ3n) is 4.64. The molecule has 3 rings (SSSR count). The van der Waals surface area contributed by atoms with E-state index in [2.05, 4.69) is 5.32 Å². The number of nitrogens with one attached hydrogen (secondary N) is 1. The maximum atomic E-state index is 12.4. The Kier molecular flexibility index (Phi) is 6.57. The zero-order valence-corrected chi connectivity index (χ0v) is 16.5. The minimum Gasteiger partial charge on any atom is -0.468 e. The van der Waals surface area contributed by atoms with Gasteiger partial charge < -0.3 is 9.73 Å². The van der Waals surface area contributed by atoms with Crippen molar-refractivity contribution in [3.05, 3.63) is 59.0 Å². The quantitative estimate of drug-likeness (QED) is 0.722. The number of carbonyl (C=O) groups is 1. The van der Waals surface area contributed by atoms with Crippen LogP contribution >= 0.6 is 11.6 Å². The highest BCUT2D eigenvalue weighted by Gasteiger charge is 2.33. The lowest BCUT2D eigenvalue weighted by Crippen LogP contribution is -2.43. The van der Waals surface area contributed by atoms with Crippen LogP contribution in [0.4, 0.5) is 0 Å². The summed E-state index contributed by atoms with van der Waals surface area (Å²) in [5.41, 5.74) is 1.05. The van der Waals surface area contributed by atoms with Crippen LogP contribution in [-0.4, -0.2) is 49.9 Å². The van der Waals surface area contributed by atoms with Crippen molar-refractivity contribution in [3.63, 3.8) is 0 Å². The van der Waals surface area contributed by atoms with Crippen LogP contribution in [0.15, 0.2) is 47.1 Å². The van der Waals surface area contributed by atoms with E-state index in [1.54, 1.807) is 12.3 Å². The fraction of sp³-hybridized carbons (Fsp3) is 0.421. The van der Waals surface area contributed by atoms with Crippen molar-refractivity contribution in [1.29, 1.82) is 0 Å². The highest BCUT2D eigenvalue weighted by atomic mass is 35.5. The molecule has 2 heterocycles. The van der Waals surface area contributed by atoms with Crippen LogP contribution in [-0.2, 0) is 27.6 Å². The van der Waals surface area contributed by atoms with Gasteiger partial charge in [0.1, 0.15) is 5.76 Å². The molecule has 1 amide bonds. The number of carbonyl (C=O) groups excluding carboxylic acids is 1. The van der Waals surface area contributed by atoms with E-state index in [-0.39, 0.29) is 30.0 Å². The van der Waals surface area contributed by atoms with Gasteiger partial charge in [0.25, 0.3) is 0 Å². The first-order valence-electron chi connectivity index (χ1n) is 8.89. The van der Waals surface area contributed by atoms with Crippen LogP contribution in [0.25, 0.3) is 0 Å². The molecule has 1 aliphatic heterocycles. The molecule has 0 aliphatic carbocycles. The Morgan fingerprint density at radius 1 is 1.30 bits per heavy atom. The zero-order valence-electron chi connectivity index (χ0n) is 14.9. The maximum Gasteiger partial charge on any atom is 0.234 e. The Morgan fingerprint density at radius 3 is 2.81 bits per heavy atom. The standard InChI is InChI=1S/C19H23ClN2O4S/c20-16-4-1-3-15(11-16)6-8-21-19(23)13-22(12-18-5-2-9-26-18)17-7-10-27(24,25)14-17/h1-5,9,11,17H,6-8,10,12-14H2,(H,21,23). The predicted octanol–water partition coefficient (Wildman–Crippen LogP) is 2.28. The second kappa shape index (κ2) is 8.91. The molecule has 1 unspecified atom stereocenters. The molecule has 1 fully saturated rings. The van der Waals surface area contributed by atoms with Gasteiger partial charge in [-0.15, -0.1) is 0 Å². The maximum absolute atomic E-state index is 12.4. The minimum absolute atomic E-state index is 0.0868. The monoisotopic (exact) mass is 410 g/mol. The summed E-state index contributed by atoms with van der Waals surface area (Å²) < 4.78 is 29.0. The van der Waals surface area contributed by atoms with Gasteiger partial charge in [-0.05, 0) is 42.7 Å². The molecule has 1 N–H and O–H groups in total. The first-order valence-corrected chi connectivity index (χ1v) is 11.1. The molecule has 0 radical (unpaired) electrons. The van der Waals surface area contributed by atoms with Gasteiger partial charge in [0.2, 0.25) is 5.91 Å². The number of benzene rings is 1. The normalized spacial score (nSPS) is 18.7. The summed E-state index contributed by atoms with van der Waals surface area (Å²) in [5, 5.41) is 3.57. The summed E-state index contributed by atoms with van der Waals surface area (Å²) in [6.07, 6.45) is 2.80. The molecule has 1 atom stereocenters. The van der Waals surface area contributed by atoms with Crippen molar-refractivity contribution >= 4 is 27.3 Å². The van der Waals surface area contributed by atoms with Crippen LogP contribution in [0.1, 0.15) is 17.7 Å². The van der Waals surface area contributed by atoms with Gasteiger partial charge in [0, 0.05) is 17.6 Å². The molecule has 1 saturated heterocycles. The van der Waals surface area contributed by atoms with E-state index in [9.17, 15) is 13.2 Å². The Labute approximate surface area is 164 Å². The first kappa shape index (κ1) is 19.9. The van der Waals surface area contributed by atoms with Crippen LogP contribution < -0.4 is 5.32 Å². The zero-order chi connectivity index (χ0) is 19.3. The van der Waals surface area contributed by atoms with E-state index in [0.717, 1.165) is 5.56 Å². The van der Waals surface area contributed by atoms with E-state index < -0.39 is 9.84 Å². The molecule has 1 aromatic heterocycles. The van der Waals surface area contributed by atoms with Gasteiger partial charge in [-0.1, -0.05) is 23.7 Å². The average Bonchev–Trinajstić information content (AvgIpc) is 3.23. The Bertz CT molecular complexity index is 868. The minimum atomic E-state index is -3.03. The fourth-order valence-electron chi connectivity index (χ4n) is 3.26. The van der Waals surface area contributed by atoms with Gasteiger partial charge >= 0.3 is 0 Å². The van der Waals surface area contributed by atoms with E-state index in [1.165, 1.54) is 0 Å². The molecular weight excluding hydrogens is 388 g/mol. The number of amides is 1. The molecular formula is C19H23ClN2O4S. The summed E-state index contributed by atoms with van der Waals surface area (Å²) in [5.74, 6) is 0.838. The van der Waals surface area contributed by atoms with Crippen molar-refractivity contribution in [2.75, 3.05) is 24.6 Å². The largest absolute Gasteiger partial charge is 0.468 e. The van der Waals surface area contributed by atoms with Crippen molar-refractivity contribution in [2.45, 2.75) is 25.4 Å². The lowest BCUT2D eigenvalue weighted by Gasteiger charge is -2.26. The Morgan fingerprint density at radius 2 is 2.15 bits per heavy atom. The summed E-state index contributed by atoms with van der Waals surface area (Å²) in [6, 6.07) is 11.0. The van der Waals surface area contributed by atoms with Crippen molar-refractivity contribution in [2.24, 2.45) is 0 Å². The number of sulfone groups is 1. The van der Waals surface area contributed by atoms with Crippen molar-refractivity contribution < 1.29 is 17.6 Å². The van der Waals surface area contributed by atoms with Gasteiger partial charge in [-0.2, -0.15) is 0 Å². The van der Waals surface area contributed by atoms with E-state index >= 15 is 0 Å². The molecule has 0 spiro atoms. The third kappa shape index (κ3) is 6.09. The second-order valence-electron chi connectivity index (χ2n) is 6.77. The second-order valence-corrected chi connectivity index (χ2v) is 9.44. The summed E-state index contributed by atoms with van der Waals surface area (Å²) in [7, 11) is -3.03. The van der Waals surface area contributed by atoms with Crippen LogP contribution in [0, 0.1) is 0 Å². The van der Waals surface area contributed by atoms with Crippen LogP contribution in [0.5, 0.6) is 0 Å². The molecule has 2 aromatic rings. The third-order valence-corrected chi connectivity index (χ3v) is 6.62. The highest BCUT2D eigenvalue weighted by molar-refractivity contribution is 7.91. The smallest absolute Gasteiger partial charge is 0.234 e. The number of furan rings is 1. The molecule has 27 heavy (non-hydrogen) atoms. The lowest BCUT2D eigenvalue weighted by molar-refractivity contribution is -0.122. The highest BCUT2D eigenvalue weighted by Crippen LogP contribution is 2.20. The molecule has 6 nitrogen and oxygen atoms in total. The topological polar surface area (TPSA) is 79.6 Å². The summed E-state index contributed by atoms with van der Waals surface area (Å²) in [6.45, 7) is 1.04. The number of nitrogens with zero attached hydrogens (tertiary/aromatic N) is 1. The van der Waals surface area contributed by atoms with E-state index in [1.807, 2.05) is 35.2 Å². The van der Waals surface area contributed by atoms with E-state index in [0.29, 0.717) is 36.7 Å². The van der Waals surface area contributed by atoms with Crippen molar-refractivity contribution in [3.8, 4) is 0 Å². The first-order chi connectivity index (χ1) is 12.9. The molecule has 146 valence electrons. The Balaban J connectivity index is 1.55. The lowest BCUT2D eigenvalue weighted by atomic mass is 10.1. The number of halogens is 1. The summed E-state index contributed by atoms with van der Waals surface area (Å²) >= 11 is 5.97. The fourth-order valence-corrected chi connectivity index (χ4v) is 5.23. The number of hydrogen-bond donors (Lipinski definition) is 1. The molecule has 8 heteroatoms.